The van der Waals surface area contributed by atoms with E-state index < -0.39 is 0 Å². The van der Waals surface area contributed by atoms with Gasteiger partial charge in [-0.25, -0.2) is 0 Å². The van der Waals surface area contributed by atoms with Crippen molar-refractivity contribution in [1.29, 1.82) is 5.26 Å². The van der Waals surface area contributed by atoms with Crippen LogP contribution in [0.25, 0.3) is 0 Å². The van der Waals surface area contributed by atoms with Crippen LogP contribution in [0.4, 0.5) is 0 Å². The van der Waals surface area contributed by atoms with Crippen LogP contribution in [0.1, 0.15) is 23.1 Å². The van der Waals surface area contributed by atoms with Crippen LogP contribution in [0.2, 0.25) is 0 Å². The van der Waals surface area contributed by atoms with Gasteiger partial charge in [0, 0.05) is 18.5 Å². The molecule has 0 aliphatic rings. The molecule has 2 heteroatoms. The van der Waals surface area contributed by atoms with Gasteiger partial charge in [-0.2, -0.15) is 5.26 Å². The highest BCUT2D eigenvalue weighted by Crippen LogP contribution is 2.08. The molecule has 76 valence electrons. The predicted octanol–water partition coefficient (Wildman–Crippen LogP) is 1.83. The maximum atomic E-state index is 8.76. The number of hydrogen-bond donors (Lipinski definition) is 1. The Balaban J connectivity index is 2.75. The predicted molar refractivity (Wildman–Crippen MR) is 61.3 cm³/mol. The van der Waals surface area contributed by atoms with E-state index in [1.165, 1.54) is 0 Å². The van der Waals surface area contributed by atoms with E-state index in [1.54, 1.807) is 0 Å². The molecule has 1 aromatic rings. The normalized spacial score (nSPS) is 8.87. The first-order valence-electron chi connectivity index (χ1n) is 4.92. The molecule has 0 heterocycles. The molecule has 1 aromatic carbocycles. The van der Waals surface area contributed by atoms with Crippen LogP contribution in [0.5, 0.6) is 0 Å². The molecular formula is C13H14N2. The van der Waals surface area contributed by atoms with Crippen molar-refractivity contribution in [3.8, 4) is 17.9 Å². The summed E-state index contributed by atoms with van der Waals surface area (Å²) < 4.78 is 0. The minimum atomic E-state index is 0.718. The van der Waals surface area contributed by atoms with Gasteiger partial charge < -0.3 is 5.32 Å². The Bertz CT molecular complexity index is 430. The number of nitrogens with one attached hydrogen (secondary N) is 1. The van der Waals surface area contributed by atoms with Crippen molar-refractivity contribution < 1.29 is 0 Å². The maximum absolute atomic E-state index is 8.76. The van der Waals surface area contributed by atoms with E-state index in [9.17, 15) is 0 Å². The third kappa shape index (κ3) is 3.46. The van der Waals surface area contributed by atoms with Crippen LogP contribution in [0, 0.1) is 30.1 Å². The number of nitriles is 1. The summed E-state index contributed by atoms with van der Waals surface area (Å²) in [5.41, 5.74) is 2.68. The number of rotatable bonds is 2. The van der Waals surface area contributed by atoms with Crippen molar-refractivity contribution in [2.75, 3.05) is 13.6 Å². The number of hydrogen-bond acceptors (Lipinski definition) is 2. The monoisotopic (exact) mass is 198 g/mol. The van der Waals surface area contributed by atoms with Gasteiger partial charge in [-0.1, -0.05) is 11.8 Å². The standard InChI is InChI=1S/C13H14N2/c1-11-9-12(5-3-4-8-15-2)6-7-13(11)10-14/h6-7,9,15H,4,8H2,1-2H3. The van der Waals surface area contributed by atoms with Gasteiger partial charge in [0.15, 0.2) is 0 Å². The van der Waals surface area contributed by atoms with Crippen LogP contribution in [0.15, 0.2) is 18.2 Å². The maximum Gasteiger partial charge on any atom is 0.0994 e. The van der Waals surface area contributed by atoms with E-state index in [1.807, 2.05) is 32.2 Å². The number of nitrogens with zero attached hydrogens (tertiary/aromatic N) is 1. The van der Waals surface area contributed by atoms with E-state index in [0.717, 1.165) is 29.7 Å². The molecule has 0 spiro atoms. The molecule has 0 saturated heterocycles. The summed E-state index contributed by atoms with van der Waals surface area (Å²) in [6.45, 7) is 2.83. The summed E-state index contributed by atoms with van der Waals surface area (Å²) in [7, 11) is 1.91. The molecule has 0 aliphatic heterocycles. The second-order valence-corrected chi connectivity index (χ2v) is 3.30. The van der Waals surface area contributed by atoms with Crippen molar-refractivity contribution in [2.24, 2.45) is 0 Å². The van der Waals surface area contributed by atoms with Crippen molar-refractivity contribution in [1.82, 2.24) is 5.32 Å². The minimum absolute atomic E-state index is 0.718. The molecule has 0 fully saturated rings. The van der Waals surface area contributed by atoms with Crippen molar-refractivity contribution in [3.63, 3.8) is 0 Å². The fraction of sp³-hybridized carbons (Fsp3) is 0.308. The van der Waals surface area contributed by atoms with E-state index in [2.05, 4.69) is 23.2 Å². The average molecular weight is 198 g/mol. The zero-order valence-electron chi connectivity index (χ0n) is 9.09. The van der Waals surface area contributed by atoms with Gasteiger partial charge >= 0.3 is 0 Å². The molecule has 2 nitrogen and oxygen atoms in total. The lowest BCUT2D eigenvalue weighted by atomic mass is 10.1. The molecule has 15 heavy (non-hydrogen) atoms. The molecule has 0 bridgehead atoms. The van der Waals surface area contributed by atoms with Crippen molar-refractivity contribution in [3.05, 3.63) is 34.9 Å². The highest BCUT2D eigenvalue weighted by atomic mass is 14.8. The first-order chi connectivity index (χ1) is 7.27. The van der Waals surface area contributed by atoms with Crippen LogP contribution in [-0.2, 0) is 0 Å². The second kappa shape index (κ2) is 5.86. The Kier molecular flexibility index (Phi) is 4.41. The Hall–Kier alpha value is -1.77. The largest absolute Gasteiger partial charge is 0.319 e. The molecule has 0 radical (unpaired) electrons. The van der Waals surface area contributed by atoms with Gasteiger partial charge in [0.2, 0.25) is 0 Å². The molecule has 1 N–H and O–H groups in total. The van der Waals surface area contributed by atoms with E-state index >= 15 is 0 Å². The number of aryl methyl sites for hydroxylation is 1. The number of benzene rings is 1. The highest BCUT2D eigenvalue weighted by Gasteiger charge is 1.96. The second-order valence-electron chi connectivity index (χ2n) is 3.30. The Morgan fingerprint density at radius 3 is 2.80 bits per heavy atom. The molecule has 0 aliphatic carbocycles. The summed E-state index contributed by atoms with van der Waals surface area (Å²) >= 11 is 0. The smallest absolute Gasteiger partial charge is 0.0994 e. The van der Waals surface area contributed by atoms with E-state index in [0.29, 0.717) is 0 Å². The van der Waals surface area contributed by atoms with Crippen molar-refractivity contribution >= 4 is 0 Å². The third-order valence-corrected chi connectivity index (χ3v) is 2.08. The van der Waals surface area contributed by atoms with Gasteiger partial charge in [-0.05, 0) is 37.7 Å². The average Bonchev–Trinajstić information content (AvgIpc) is 2.25. The summed E-state index contributed by atoms with van der Waals surface area (Å²) in [5, 5.41) is 11.8. The highest BCUT2D eigenvalue weighted by molar-refractivity contribution is 5.45. The first kappa shape index (κ1) is 11.3. The van der Waals surface area contributed by atoms with Crippen LogP contribution < -0.4 is 5.32 Å². The first-order valence-corrected chi connectivity index (χ1v) is 4.92. The lowest BCUT2D eigenvalue weighted by Gasteiger charge is -1.96. The van der Waals surface area contributed by atoms with Gasteiger partial charge in [-0.15, -0.1) is 0 Å². The van der Waals surface area contributed by atoms with Crippen LogP contribution >= 0.6 is 0 Å². The molecule has 0 unspecified atom stereocenters. The molecule has 0 amide bonds. The summed E-state index contributed by atoms with van der Waals surface area (Å²) in [5.74, 6) is 6.14. The SMILES string of the molecule is CNCCC#Cc1ccc(C#N)c(C)c1. The van der Waals surface area contributed by atoms with Crippen molar-refractivity contribution in [2.45, 2.75) is 13.3 Å². The molecule has 1 rings (SSSR count). The summed E-state index contributed by atoms with van der Waals surface area (Å²) in [6, 6.07) is 7.79. The lowest BCUT2D eigenvalue weighted by molar-refractivity contribution is 0.818. The van der Waals surface area contributed by atoms with Crippen LogP contribution in [0.3, 0.4) is 0 Å². The molecular weight excluding hydrogens is 184 g/mol. The zero-order chi connectivity index (χ0) is 11.1. The fourth-order valence-corrected chi connectivity index (χ4v) is 1.22. The summed E-state index contributed by atoms with van der Waals surface area (Å²) in [4.78, 5) is 0. The Morgan fingerprint density at radius 1 is 1.40 bits per heavy atom. The minimum Gasteiger partial charge on any atom is -0.319 e. The fourth-order valence-electron chi connectivity index (χ4n) is 1.22. The quantitative estimate of drug-likeness (QED) is 0.581. The van der Waals surface area contributed by atoms with Gasteiger partial charge in [0.25, 0.3) is 0 Å². The summed E-state index contributed by atoms with van der Waals surface area (Å²) in [6.07, 6.45) is 0.843. The molecule has 0 atom stereocenters. The zero-order valence-corrected chi connectivity index (χ0v) is 9.09. The Labute approximate surface area is 90.9 Å². The Morgan fingerprint density at radius 2 is 2.20 bits per heavy atom. The van der Waals surface area contributed by atoms with Gasteiger partial charge in [0.05, 0.1) is 11.6 Å². The van der Waals surface area contributed by atoms with E-state index in [-0.39, 0.29) is 0 Å². The topological polar surface area (TPSA) is 35.8 Å². The lowest BCUT2D eigenvalue weighted by Crippen LogP contribution is -2.05. The van der Waals surface area contributed by atoms with E-state index in [4.69, 9.17) is 5.26 Å². The van der Waals surface area contributed by atoms with Crippen LogP contribution in [-0.4, -0.2) is 13.6 Å². The molecule has 0 aromatic heterocycles. The van der Waals surface area contributed by atoms with Gasteiger partial charge in [-0.3, -0.25) is 0 Å². The molecule has 0 saturated carbocycles. The third-order valence-electron chi connectivity index (χ3n) is 2.08. The van der Waals surface area contributed by atoms with Gasteiger partial charge in [0.1, 0.15) is 0 Å².